The number of hydrogen-bond acceptors (Lipinski definition) is 3. The SMILES string of the molecule is O[C@H](CCl)SC/N=C/c1ccccc1. The fourth-order valence-corrected chi connectivity index (χ4v) is 1.54. The van der Waals surface area contributed by atoms with Crippen molar-refractivity contribution in [2.24, 2.45) is 4.99 Å². The lowest BCUT2D eigenvalue weighted by Crippen LogP contribution is -2.02. The third kappa shape index (κ3) is 4.65. The summed E-state index contributed by atoms with van der Waals surface area (Å²) >= 11 is 6.75. The molecule has 0 amide bonds. The van der Waals surface area contributed by atoms with E-state index >= 15 is 0 Å². The Morgan fingerprint density at radius 1 is 1.43 bits per heavy atom. The molecule has 0 heterocycles. The Labute approximate surface area is 93.0 Å². The Hall–Kier alpha value is -0.510. The van der Waals surface area contributed by atoms with Gasteiger partial charge in [-0.3, -0.25) is 4.99 Å². The molecule has 1 rings (SSSR count). The summed E-state index contributed by atoms with van der Waals surface area (Å²) in [7, 11) is 0. The number of hydrogen-bond donors (Lipinski definition) is 1. The second-order valence-electron chi connectivity index (χ2n) is 2.63. The molecule has 1 aromatic rings. The molecule has 0 spiro atoms. The van der Waals surface area contributed by atoms with Gasteiger partial charge in [-0.05, 0) is 5.56 Å². The molecular formula is C10H12ClNOS. The molecule has 0 saturated heterocycles. The first kappa shape index (κ1) is 11.6. The quantitative estimate of drug-likeness (QED) is 0.478. The highest BCUT2D eigenvalue weighted by atomic mass is 35.5. The molecule has 0 aromatic heterocycles. The van der Waals surface area contributed by atoms with E-state index in [9.17, 15) is 0 Å². The average Bonchev–Trinajstić information content (AvgIpc) is 2.25. The van der Waals surface area contributed by atoms with E-state index in [4.69, 9.17) is 16.7 Å². The predicted octanol–water partition coefficient (Wildman–Crippen LogP) is 2.35. The number of aliphatic imine (C=N–C) groups is 1. The number of aliphatic hydroxyl groups is 1. The molecule has 4 heteroatoms. The van der Waals surface area contributed by atoms with E-state index in [0.717, 1.165) is 5.56 Å². The average molecular weight is 230 g/mol. The number of benzene rings is 1. The summed E-state index contributed by atoms with van der Waals surface area (Å²) in [5, 5.41) is 9.11. The molecule has 0 fully saturated rings. The highest BCUT2D eigenvalue weighted by Gasteiger charge is 1.98. The fourth-order valence-electron chi connectivity index (χ4n) is 0.855. The molecule has 14 heavy (non-hydrogen) atoms. The summed E-state index contributed by atoms with van der Waals surface area (Å²) in [6, 6.07) is 9.84. The van der Waals surface area contributed by atoms with Gasteiger partial charge in [0.1, 0.15) is 5.44 Å². The third-order valence-electron chi connectivity index (χ3n) is 1.51. The Balaban J connectivity index is 2.28. The van der Waals surface area contributed by atoms with Crippen molar-refractivity contribution in [1.29, 1.82) is 0 Å². The molecule has 76 valence electrons. The summed E-state index contributed by atoms with van der Waals surface area (Å²) < 4.78 is 0. The van der Waals surface area contributed by atoms with Crippen LogP contribution in [-0.4, -0.2) is 28.5 Å². The molecule has 1 aromatic carbocycles. The van der Waals surface area contributed by atoms with Crippen LogP contribution in [0.5, 0.6) is 0 Å². The standard InChI is InChI=1S/C10H12ClNOS/c11-6-10(13)14-8-12-7-9-4-2-1-3-5-9/h1-5,7,10,13H,6,8H2/b12-7+/t10-/m0/s1. The van der Waals surface area contributed by atoms with E-state index < -0.39 is 5.44 Å². The van der Waals surface area contributed by atoms with Crippen LogP contribution < -0.4 is 0 Å². The van der Waals surface area contributed by atoms with Crippen molar-refractivity contribution >= 4 is 29.6 Å². The number of halogens is 1. The van der Waals surface area contributed by atoms with E-state index in [-0.39, 0.29) is 5.88 Å². The monoisotopic (exact) mass is 229 g/mol. The first-order chi connectivity index (χ1) is 6.83. The maximum absolute atomic E-state index is 9.11. The molecule has 0 saturated carbocycles. The lowest BCUT2D eigenvalue weighted by molar-refractivity contribution is 0.287. The van der Waals surface area contributed by atoms with Crippen molar-refractivity contribution in [3.8, 4) is 0 Å². The van der Waals surface area contributed by atoms with Crippen LogP contribution in [0.15, 0.2) is 35.3 Å². The Morgan fingerprint density at radius 2 is 2.14 bits per heavy atom. The number of alkyl halides is 1. The van der Waals surface area contributed by atoms with Crippen LogP contribution in [0.3, 0.4) is 0 Å². The Bertz CT molecular complexity index is 279. The van der Waals surface area contributed by atoms with E-state index in [2.05, 4.69) is 4.99 Å². The summed E-state index contributed by atoms with van der Waals surface area (Å²) in [5.41, 5.74) is 0.540. The number of rotatable bonds is 5. The maximum atomic E-state index is 9.11. The van der Waals surface area contributed by atoms with Crippen molar-refractivity contribution < 1.29 is 5.11 Å². The highest BCUT2D eigenvalue weighted by Crippen LogP contribution is 2.09. The van der Waals surface area contributed by atoms with Gasteiger partial charge in [0.2, 0.25) is 0 Å². The second kappa shape index (κ2) is 6.87. The molecule has 0 aliphatic carbocycles. The molecular weight excluding hydrogens is 218 g/mol. The van der Waals surface area contributed by atoms with Gasteiger partial charge < -0.3 is 5.11 Å². The summed E-state index contributed by atoms with van der Waals surface area (Å²) in [4.78, 5) is 4.15. The zero-order valence-electron chi connectivity index (χ0n) is 7.64. The van der Waals surface area contributed by atoms with Crippen molar-refractivity contribution in [1.82, 2.24) is 0 Å². The van der Waals surface area contributed by atoms with Crippen molar-refractivity contribution in [3.05, 3.63) is 35.9 Å². The van der Waals surface area contributed by atoms with E-state index in [1.807, 2.05) is 30.3 Å². The molecule has 2 nitrogen and oxygen atoms in total. The van der Waals surface area contributed by atoms with Crippen molar-refractivity contribution in [2.45, 2.75) is 5.44 Å². The van der Waals surface area contributed by atoms with Gasteiger partial charge >= 0.3 is 0 Å². The summed E-state index contributed by atoms with van der Waals surface area (Å²) in [6.45, 7) is 0. The van der Waals surface area contributed by atoms with Crippen LogP contribution in [0.2, 0.25) is 0 Å². The molecule has 0 bridgehead atoms. The van der Waals surface area contributed by atoms with Crippen LogP contribution in [0.4, 0.5) is 0 Å². The number of thioether (sulfide) groups is 1. The summed E-state index contributed by atoms with van der Waals surface area (Å²) in [6.07, 6.45) is 1.79. The van der Waals surface area contributed by atoms with Crippen LogP contribution in [0, 0.1) is 0 Å². The zero-order valence-corrected chi connectivity index (χ0v) is 9.21. The third-order valence-corrected chi connectivity index (χ3v) is 2.84. The molecule has 0 aliphatic heterocycles. The van der Waals surface area contributed by atoms with E-state index in [1.54, 1.807) is 6.21 Å². The van der Waals surface area contributed by atoms with Crippen molar-refractivity contribution in [3.63, 3.8) is 0 Å². The predicted molar refractivity (Wildman–Crippen MR) is 63.2 cm³/mol. The van der Waals surface area contributed by atoms with Crippen LogP contribution in [0.1, 0.15) is 5.56 Å². The second-order valence-corrected chi connectivity index (χ2v) is 4.07. The van der Waals surface area contributed by atoms with Gasteiger partial charge in [0.05, 0.1) is 11.8 Å². The van der Waals surface area contributed by atoms with Gasteiger partial charge in [-0.2, -0.15) is 0 Å². The normalized spacial score (nSPS) is 13.3. The molecule has 1 N–H and O–H groups in total. The molecule has 0 radical (unpaired) electrons. The van der Waals surface area contributed by atoms with Gasteiger partial charge in [-0.15, -0.1) is 23.4 Å². The first-order valence-electron chi connectivity index (χ1n) is 4.23. The fraction of sp³-hybridized carbons (Fsp3) is 0.300. The van der Waals surface area contributed by atoms with Crippen molar-refractivity contribution in [2.75, 3.05) is 11.8 Å². The first-order valence-corrected chi connectivity index (χ1v) is 5.82. The smallest absolute Gasteiger partial charge is 0.115 e. The molecule has 1 atom stereocenters. The molecule has 0 aliphatic rings. The largest absolute Gasteiger partial charge is 0.381 e. The van der Waals surface area contributed by atoms with Gasteiger partial charge in [0.25, 0.3) is 0 Å². The van der Waals surface area contributed by atoms with E-state index in [1.165, 1.54) is 11.8 Å². The van der Waals surface area contributed by atoms with Gasteiger partial charge in [0, 0.05) is 6.21 Å². The lowest BCUT2D eigenvalue weighted by atomic mass is 10.2. The lowest BCUT2D eigenvalue weighted by Gasteiger charge is -2.01. The zero-order chi connectivity index (χ0) is 10.2. The van der Waals surface area contributed by atoms with Crippen LogP contribution >= 0.6 is 23.4 Å². The minimum absolute atomic E-state index is 0.242. The van der Waals surface area contributed by atoms with Gasteiger partial charge in [-0.25, -0.2) is 0 Å². The number of nitrogens with zero attached hydrogens (tertiary/aromatic N) is 1. The van der Waals surface area contributed by atoms with Crippen LogP contribution in [-0.2, 0) is 0 Å². The highest BCUT2D eigenvalue weighted by molar-refractivity contribution is 7.99. The minimum Gasteiger partial charge on any atom is -0.381 e. The molecule has 0 unspecified atom stereocenters. The van der Waals surface area contributed by atoms with Crippen LogP contribution in [0.25, 0.3) is 0 Å². The topological polar surface area (TPSA) is 32.6 Å². The Morgan fingerprint density at radius 3 is 2.79 bits per heavy atom. The number of aliphatic hydroxyl groups excluding tert-OH is 1. The van der Waals surface area contributed by atoms with E-state index in [0.29, 0.717) is 5.88 Å². The maximum Gasteiger partial charge on any atom is 0.115 e. The van der Waals surface area contributed by atoms with Gasteiger partial charge in [0.15, 0.2) is 0 Å². The summed E-state index contributed by atoms with van der Waals surface area (Å²) in [5.74, 6) is 0.772. The Kier molecular flexibility index (Phi) is 5.68. The minimum atomic E-state index is -0.524. The van der Waals surface area contributed by atoms with Gasteiger partial charge in [-0.1, -0.05) is 30.3 Å².